The van der Waals surface area contributed by atoms with E-state index in [1.807, 2.05) is 30.3 Å². The van der Waals surface area contributed by atoms with Crippen molar-refractivity contribution < 1.29 is 14.4 Å². The molecule has 0 aliphatic carbocycles. The van der Waals surface area contributed by atoms with Crippen LogP contribution in [0.1, 0.15) is 41.3 Å². The molecule has 0 bridgehead atoms. The van der Waals surface area contributed by atoms with Crippen LogP contribution in [0, 0.1) is 0 Å². The molecule has 0 radical (unpaired) electrons. The number of carbonyl (C=O) groups excluding carboxylic acids is 3. The Labute approximate surface area is 168 Å². The van der Waals surface area contributed by atoms with Crippen LogP contribution in [0.15, 0.2) is 65.7 Å². The number of rotatable bonds is 6. The van der Waals surface area contributed by atoms with Crippen molar-refractivity contribution in [3.8, 4) is 0 Å². The summed E-state index contributed by atoms with van der Waals surface area (Å²) in [6.45, 7) is 2.70. The first kappa shape index (κ1) is 18.7. The molecule has 2 aliphatic rings. The third-order valence-corrected chi connectivity index (χ3v) is 5.00. The summed E-state index contributed by atoms with van der Waals surface area (Å²) in [4.78, 5) is 37.4. The number of fused-ring (bicyclic) bond motifs is 1. The predicted octanol–water partition coefficient (Wildman–Crippen LogP) is 2.60. The Kier molecular flexibility index (Phi) is 4.99. The molecule has 2 aliphatic heterocycles. The van der Waals surface area contributed by atoms with E-state index in [0.717, 1.165) is 18.4 Å². The third kappa shape index (κ3) is 3.45. The van der Waals surface area contributed by atoms with Gasteiger partial charge in [0.2, 0.25) is 0 Å². The van der Waals surface area contributed by atoms with E-state index in [0.29, 0.717) is 40.2 Å². The van der Waals surface area contributed by atoms with Crippen LogP contribution in [0.2, 0.25) is 0 Å². The standard InChI is InChI=1S/C23H21N3O3/c1-2-3-13-24-21(27)16-11-9-15(10-12-16)20-18-17(22(28)26-20)19(25-23(18)29)14-7-5-4-6-8-14/h4-12H,2-3,13H2,1H3,(H,24,27)(H,25,29)(H,26,28). The van der Waals surface area contributed by atoms with Crippen molar-refractivity contribution >= 4 is 29.1 Å². The van der Waals surface area contributed by atoms with Gasteiger partial charge in [0.15, 0.2) is 0 Å². The average Bonchev–Trinajstić information content (AvgIpc) is 3.27. The van der Waals surface area contributed by atoms with E-state index in [4.69, 9.17) is 0 Å². The number of unbranched alkanes of at least 4 members (excludes halogenated alkanes) is 1. The molecular weight excluding hydrogens is 366 g/mol. The van der Waals surface area contributed by atoms with Gasteiger partial charge < -0.3 is 16.0 Å². The fourth-order valence-electron chi connectivity index (χ4n) is 3.49. The van der Waals surface area contributed by atoms with Crippen molar-refractivity contribution in [2.75, 3.05) is 6.54 Å². The highest BCUT2D eigenvalue weighted by atomic mass is 16.2. The van der Waals surface area contributed by atoms with Gasteiger partial charge in [0.05, 0.1) is 22.5 Å². The maximum Gasteiger partial charge on any atom is 0.258 e. The zero-order chi connectivity index (χ0) is 20.4. The smallest absolute Gasteiger partial charge is 0.258 e. The van der Waals surface area contributed by atoms with Gasteiger partial charge in [-0.25, -0.2) is 0 Å². The van der Waals surface area contributed by atoms with Crippen LogP contribution in [0.25, 0.3) is 11.4 Å². The topological polar surface area (TPSA) is 87.3 Å². The first-order valence-corrected chi connectivity index (χ1v) is 9.66. The maximum absolute atomic E-state index is 12.6. The molecule has 2 aromatic rings. The molecule has 0 fully saturated rings. The minimum absolute atomic E-state index is 0.135. The Bertz CT molecular complexity index is 1050. The lowest BCUT2D eigenvalue weighted by Crippen LogP contribution is -2.24. The van der Waals surface area contributed by atoms with E-state index < -0.39 is 0 Å². The highest BCUT2D eigenvalue weighted by Crippen LogP contribution is 2.37. The molecule has 0 unspecified atom stereocenters. The molecule has 29 heavy (non-hydrogen) atoms. The summed E-state index contributed by atoms with van der Waals surface area (Å²) >= 11 is 0. The number of amides is 3. The average molecular weight is 387 g/mol. The lowest BCUT2D eigenvalue weighted by molar-refractivity contribution is -0.117. The van der Waals surface area contributed by atoms with Crippen molar-refractivity contribution in [1.29, 1.82) is 0 Å². The Hall–Kier alpha value is -3.67. The molecule has 146 valence electrons. The predicted molar refractivity (Wildman–Crippen MR) is 110 cm³/mol. The van der Waals surface area contributed by atoms with Crippen molar-refractivity contribution in [2.45, 2.75) is 19.8 Å². The first-order valence-electron chi connectivity index (χ1n) is 9.66. The minimum atomic E-state index is -0.311. The zero-order valence-electron chi connectivity index (χ0n) is 16.0. The van der Waals surface area contributed by atoms with E-state index in [1.54, 1.807) is 24.3 Å². The summed E-state index contributed by atoms with van der Waals surface area (Å²) in [5, 5.41) is 8.50. The second-order valence-corrected chi connectivity index (χ2v) is 6.96. The fourth-order valence-corrected chi connectivity index (χ4v) is 3.49. The second kappa shape index (κ2) is 7.75. The molecule has 0 saturated heterocycles. The summed E-state index contributed by atoms with van der Waals surface area (Å²) in [5.74, 6) is -0.758. The van der Waals surface area contributed by atoms with Crippen LogP contribution in [0.4, 0.5) is 0 Å². The Morgan fingerprint density at radius 2 is 1.38 bits per heavy atom. The molecule has 0 spiro atoms. The van der Waals surface area contributed by atoms with Gasteiger partial charge in [0.1, 0.15) is 0 Å². The summed E-state index contributed by atoms with van der Waals surface area (Å²) < 4.78 is 0. The molecule has 6 nitrogen and oxygen atoms in total. The second-order valence-electron chi connectivity index (χ2n) is 6.96. The Balaban J connectivity index is 1.66. The fraction of sp³-hybridized carbons (Fsp3) is 0.174. The molecule has 0 atom stereocenters. The molecule has 3 amide bonds. The van der Waals surface area contributed by atoms with Gasteiger partial charge in [-0.05, 0) is 29.7 Å². The SMILES string of the molecule is CCCCNC(=O)c1ccc(C2=C3C(=O)NC(c4ccccc4)=C3C(=O)N2)cc1. The molecule has 2 aromatic carbocycles. The summed E-state index contributed by atoms with van der Waals surface area (Å²) in [6, 6.07) is 16.2. The molecular formula is C23H21N3O3. The van der Waals surface area contributed by atoms with Gasteiger partial charge in [0, 0.05) is 12.1 Å². The third-order valence-electron chi connectivity index (χ3n) is 5.00. The summed E-state index contributed by atoms with van der Waals surface area (Å²) in [6.07, 6.45) is 1.94. The van der Waals surface area contributed by atoms with E-state index in [1.165, 1.54) is 0 Å². The van der Waals surface area contributed by atoms with Crippen molar-refractivity contribution in [1.82, 2.24) is 16.0 Å². The lowest BCUT2D eigenvalue weighted by atomic mass is 10.0. The number of benzene rings is 2. The Morgan fingerprint density at radius 1 is 0.828 bits per heavy atom. The zero-order valence-corrected chi connectivity index (χ0v) is 16.0. The number of carbonyl (C=O) groups is 3. The largest absolute Gasteiger partial charge is 0.352 e. The molecule has 6 heteroatoms. The van der Waals surface area contributed by atoms with Crippen molar-refractivity contribution in [3.63, 3.8) is 0 Å². The number of hydrogen-bond donors (Lipinski definition) is 3. The highest BCUT2D eigenvalue weighted by molar-refractivity contribution is 6.30. The summed E-state index contributed by atoms with van der Waals surface area (Å²) in [7, 11) is 0. The van der Waals surface area contributed by atoms with Crippen LogP contribution in [-0.4, -0.2) is 24.3 Å². The number of nitrogens with one attached hydrogen (secondary N) is 3. The van der Waals surface area contributed by atoms with Crippen LogP contribution >= 0.6 is 0 Å². The first-order chi connectivity index (χ1) is 14.1. The Morgan fingerprint density at radius 3 is 1.93 bits per heavy atom. The highest BCUT2D eigenvalue weighted by Gasteiger charge is 2.40. The number of hydrogen-bond acceptors (Lipinski definition) is 3. The monoisotopic (exact) mass is 387 g/mol. The van der Waals surface area contributed by atoms with E-state index in [9.17, 15) is 14.4 Å². The van der Waals surface area contributed by atoms with E-state index in [-0.39, 0.29) is 17.7 Å². The van der Waals surface area contributed by atoms with Gasteiger partial charge in [0.25, 0.3) is 17.7 Å². The molecule has 2 heterocycles. The van der Waals surface area contributed by atoms with Gasteiger partial charge in [-0.1, -0.05) is 55.8 Å². The summed E-state index contributed by atoms with van der Waals surface area (Å²) in [5.41, 5.74) is 3.68. The van der Waals surface area contributed by atoms with Gasteiger partial charge >= 0.3 is 0 Å². The molecule has 3 N–H and O–H groups in total. The normalized spacial score (nSPS) is 15.3. The van der Waals surface area contributed by atoms with E-state index in [2.05, 4.69) is 22.9 Å². The quantitative estimate of drug-likeness (QED) is 0.666. The van der Waals surface area contributed by atoms with Crippen LogP contribution < -0.4 is 16.0 Å². The van der Waals surface area contributed by atoms with E-state index >= 15 is 0 Å². The van der Waals surface area contributed by atoms with Gasteiger partial charge in [-0.2, -0.15) is 0 Å². The molecule has 4 rings (SSSR count). The van der Waals surface area contributed by atoms with Gasteiger partial charge in [-0.15, -0.1) is 0 Å². The van der Waals surface area contributed by atoms with Crippen molar-refractivity contribution in [2.24, 2.45) is 0 Å². The van der Waals surface area contributed by atoms with Crippen LogP contribution in [0.5, 0.6) is 0 Å². The van der Waals surface area contributed by atoms with Crippen LogP contribution in [-0.2, 0) is 9.59 Å². The molecule has 0 saturated carbocycles. The lowest BCUT2D eigenvalue weighted by Gasteiger charge is -2.08. The molecule has 0 aromatic heterocycles. The minimum Gasteiger partial charge on any atom is -0.352 e. The van der Waals surface area contributed by atoms with Crippen molar-refractivity contribution in [3.05, 3.63) is 82.4 Å². The van der Waals surface area contributed by atoms with Gasteiger partial charge in [-0.3, -0.25) is 14.4 Å². The maximum atomic E-state index is 12.6. The van der Waals surface area contributed by atoms with Crippen LogP contribution in [0.3, 0.4) is 0 Å².